The first-order valence-corrected chi connectivity index (χ1v) is 6.04. The summed E-state index contributed by atoms with van der Waals surface area (Å²) in [5.74, 6) is 1.20. The smallest absolute Gasteiger partial charge is 0.146 e. The first-order valence-electron chi connectivity index (χ1n) is 6.04. The fraction of sp³-hybridized carbons (Fsp3) is 0.133. The molecule has 19 heavy (non-hydrogen) atoms. The lowest BCUT2D eigenvalue weighted by Gasteiger charge is -2.04. The maximum Gasteiger partial charge on any atom is 0.146 e. The quantitative estimate of drug-likeness (QED) is 0.777. The van der Waals surface area contributed by atoms with Gasteiger partial charge >= 0.3 is 0 Å². The summed E-state index contributed by atoms with van der Waals surface area (Å²) in [6, 6.07) is 12.3. The monoisotopic (exact) mass is 256 g/mol. The Morgan fingerprint density at radius 3 is 2.95 bits per heavy atom. The van der Waals surface area contributed by atoms with Crippen LogP contribution in [0.2, 0.25) is 0 Å². The van der Waals surface area contributed by atoms with Crippen molar-refractivity contribution in [3.05, 3.63) is 59.7 Å². The molecule has 0 spiro atoms. The number of halogens is 1. The molecule has 3 nitrogen and oxygen atoms in total. The molecule has 0 aliphatic carbocycles. The molecule has 4 heteroatoms. The molecule has 0 bridgehead atoms. The van der Waals surface area contributed by atoms with Gasteiger partial charge in [0.25, 0.3) is 0 Å². The highest BCUT2D eigenvalue weighted by molar-refractivity contribution is 5.74. The van der Waals surface area contributed by atoms with E-state index in [9.17, 15) is 4.39 Å². The van der Waals surface area contributed by atoms with E-state index in [-0.39, 0.29) is 5.82 Å². The zero-order chi connectivity index (χ0) is 13.2. The molecule has 3 aromatic rings. The van der Waals surface area contributed by atoms with Crippen molar-refractivity contribution in [2.24, 2.45) is 0 Å². The van der Waals surface area contributed by atoms with Crippen molar-refractivity contribution < 1.29 is 9.13 Å². The van der Waals surface area contributed by atoms with Gasteiger partial charge in [0.1, 0.15) is 24.0 Å². The molecule has 0 amide bonds. The van der Waals surface area contributed by atoms with E-state index in [4.69, 9.17) is 4.74 Å². The second-order valence-corrected chi connectivity index (χ2v) is 4.45. The number of H-pyrrole nitrogens is 1. The second kappa shape index (κ2) is 4.72. The van der Waals surface area contributed by atoms with Crippen molar-refractivity contribution in [2.75, 3.05) is 0 Å². The van der Waals surface area contributed by atoms with Crippen LogP contribution in [-0.4, -0.2) is 9.97 Å². The average Bonchev–Trinajstić information content (AvgIpc) is 2.78. The van der Waals surface area contributed by atoms with Crippen molar-refractivity contribution in [1.82, 2.24) is 9.97 Å². The third-order valence-electron chi connectivity index (χ3n) is 2.86. The number of benzene rings is 2. The normalized spacial score (nSPS) is 10.8. The van der Waals surface area contributed by atoms with Gasteiger partial charge < -0.3 is 9.72 Å². The highest BCUT2D eigenvalue weighted by Crippen LogP contribution is 2.16. The molecule has 0 aliphatic rings. The van der Waals surface area contributed by atoms with Crippen molar-refractivity contribution in [1.29, 1.82) is 0 Å². The minimum absolute atomic E-state index is 0.276. The van der Waals surface area contributed by atoms with Gasteiger partial charge in [-0.2, -0.15) is 0 Å². The number of ether oxygens (including phenoxy) is 1. The highest BCUT2D eigenvalue weighted by Gasteiger charge is 2.04. The van der Waals surface area contributed by atoms with Crippen LogP contribution in [0.25, 0.3) is 11.0 Å². The summed E-state index contributed by atoms with van der Waals surface area (Å²) in [4.78, 5) is 7.39. The first kappa shape index (κ1) is 11.7. The predicted octanol–water partition coefficient (Wildman–Crippen LogP) is 3.59. The fourth-order valence-electron chi connectivity index (χ4n) is 1.96. The second-order valence-electron chi connectivity index (χ2n) is 4.45. The number of nitrogens with one attached hydrogen (secondary N) is 1. The summed E-state index contributed by atoms with van der Waals surface area (Å²) in [6.07, 6.45) is 0. The zero-order valence-electron chi connectivity index (χ0n) is 10.5. The third-order valence-corrected chi connectivity index (χ3v) is 2.86. The number of hydrogen-bond acceptors (Lipinski definition) is 2. The number of nitrogens with zero attached hydrogens (tertiary/aromatic N) is 1. The highest BCUT2D eigenvalue weighted by atomic mass is 19.1. The van der Waals surface area contributed by atoms with Crippen molar-refractivity contribution in [3.8, 4) is 5.75 Å². The van der Waals surface area contributed by atoms with E-state index in [1.807, 2.05) is 31.2 Å². The molecule has 2 aromatic carbocycles. The van der Waals surface area contributed by atoms with E-state index < -0.39 is 0 Å². The maximum absolute atomic E-state index is 13.1. The Morgan fingerprint density at radius 1 is 1.21 bits per heavy atom. The van der Waals surface area contributed by atoms with Crippen LogP contribution in [0.5, 0.6) is 5.75 Å². The summed E-state index contributed by atoms with van der Waals surface area (Å²) in [5.41, 5.74) is 2.57. The molecule has 1 N–H and O–H groups in total. The molecule has 0 aliphatic heterocycles. The summed E-state index contributed by atoms with van der Waals surface area (Å²) >= 11 is 0. The first-order chi connectivity index (χ1) is 9.20. The van der Waals surface area contributed by atoms with Crippen molar-refractivity contribution >= 4 is 11.0 Å². The summed E-state index contributed by atoms with van der Waals surface area (Å²) in [6.45, 7) is 2.34. The maximum atomic E-state index is 13.1. The Hall–Kier alpha value is -2.36. The molecule has 0 radical (unpaired) electrons. The Labute approximate surface area is 110 Å². The number of rotatable bonds is 3. The molecular weight excluding hydrogens is 243 g/mol. The number of aromatic amines is 1. The summed E-state index contributed by atoms with van der Waals surface area (Å²) < 4.78 is 18.7. The van der Waals surface area contributed by atoms with Crippen molar-refractivity contribution in [3.63, 3.8) is 0 Å². The van der Waals surface area contributed by atoms with Crippen LogP contribution in [0.15, 0.2) is 42.5 Å². The Morgan fingerprint density at radius 2 is 2.11 bits per heavy atom. The molecule has 0 unspecified atom stereocenters. The largest absolute Gasteiger partial charge is 0.486 e. The van der Waals surface area contributed by atoms with Crippen LogP contribution in [0, 0.1) is 12.7 Å². The number of hydrogen-bond donors (Lipinski definition) is 1. The average molecular weight is 256 g/mol. The van der Waals surface area contributed by atoms with Gasteiger partial charge in [-0.3, -0.25) is 0 Å². The molecule has 0 fully saturated rings. The summed E-state index contributed by atoms with van der Waals surface area (Å²) in [5, 5.41) is 0. The van der Waals surface area contributed by atoms with Gasteiger partial charge in [0, 0.05) is 0 Å². The molecular formula is C15H13FN2O. The minimum atomic E-state index is -0.276. The van der Waals surface area contributed by atoms with E-state index >= 15 is 0 Å². The Bertz CT molecular complexity index is 721. The van der Waals surface area contributed by atoms with Crippen LogP contribution in [0.3, 0.4) is 0 Å². The van der Waals surface area contributed by atoms with Gasteiger partial charge in [-0.25, -0.2) is 9.37 Å². The molecule has 1 aromatic heterocycles. The van der Waals surface area contributed by atoms with Gasteiger partial charge in [-0.05, 0) is 42.8 Å². The van der Waals surface area contributed by atoms with Crippen LogP contribution in [0.4, 0.5) is 4.39 Å². The van der Waals surface area contributed by atoms with Crippen LogP contribution in [-0.2, 0) is 6.61 Å². The lowest BCUT2D eigenvalue weighted by molar-refractivity contribution is 0.297. The fourth-order valence-corrected chi connectivity index (χ4v) is 1.96. The molecule has 3 rings (SSSR count). The van der Waals surface area contributed by atoms with E-state index in [1.165, 1.54) is 12.1 Å². The van der Waals surface area contributed by atoms with Gasteiger partial charge in [0.05, 0.1) is 11.0 Å². The van der Waals surface area contributed by atoms with Crippen LogP contribution >= 0.6 is 0 Å². The Balaban J connectivity index is 1.78. The number of aromatic nitrogens is 2. The Kier molecular flexibility index (Phi) is 2.91. The lowest BCUT2D eigenvalue weighted by Crippen LogP contribution is -1.97. The molecule has 0 atom stereocenters. The number of aryl methyl sites for hydroxylation is 1. The topological polar surface area (TPSA) is 37.9 Å². The molecule has 1 heterocycles. The SMILES string of the molecule is Cc1cccc(OCc2nc3ccc(F)cc3[nH]2)c1. The van der Waals surface area contributed by atoms with Crippen molar-refractivity contribution in [2.45, 2.75) is 13.5 Å². The number of fused-ring (bicyclic) bond motifs is 1. The molecule has 0 saturated heterocycles. The summed E-state index contributed by atoms with van der Waals surface area (Å²) in [7, 11) is 0. The van der Waals surface area contributed by atoms with Crippen LogP contribution < -0.4 is 4.74 Å². The standard InChI is InChI=1S/C15H13FN2O/c1-10-3-2-4-12(7-10)19-9-15-17-13-6-5-11(16)8-14(13)18-15/h2-8H,9H2,1H3,(H,17,18). The molecule has 0 saturated carbocycles. The van der Waals surface area contributed by atoms with Crippen LogP contribution in [0.1, 0.15) is 11.4 Å². The van der Waals surface area contributed by atoms with E-state index in [0.29, 0.717) is 17.9 Å². The van der Waals surface area contributed by atoms with E-state index in [2.05, 4.69) is 9.97 Å². The van der Waals surface area contributed by atoms with Gasteiger partial charge in [-0.1, -0.05) is 12.1 Å². The number of imidazole rings is 1. The molecule has 96 valence electrons. The van der Waals surface area contributed by atoms with Gasteiger partial charge in [0.2, 0.25) is 0 Å². The third kappa shape index (κ3) is 2.57. The van der Waals surface area contributed by atoms with Gasteiger partial charge in [0.15, 0.2) is 0 Å². The van der Waals surface area contributed by atoms with E-state index in [1.54, 1.807) is 6.07 Å². The minimum Gasteiger partial charge on any atom is -0.486 e. The van der Waals surface area contributed by atoms with E-state index in [0.717, 1.165) is 16.8 Å². The lowest BCUT2D eigenvalue weighted by atomic mass is 10.2. The predicted molar refractivity (Wildman–Crippen MR) is 71.6 cm³/mol. The zero-order valence-corrected chi connectivity index (χ0v) is 10.5. The van der Waals surface area contributed by atoms with Gasteiger partial charge in [-0.15, -0.1) is 0 Å².